The number of unbranched alkanes of at least 4 members (excludes halogenated alkanes) is 1. The first-order chi connectivity index (χ1) is 12.4. The van der Waals surface area contributed by atoms with Gasteiger partial charge in [0.2, 0.25) is 0 Å². The standard InChI is InChI=1S/C21H35NO4/c1-6-9-12-25-20-14-18(23)10-11-19(20)21(24)26-15-17(13-16(4)5)22(7-2)8-3/h10-11,14,16-17,23H,6-9,12-13,15H2,1-5H3/t17-/m0/s1. The Kier molecular flexibility index (Phi) is 10.1. The summed E-state index contributed by atoms with van der Waals surface area (Å²) in [7, 11) is 0. The number of likely N-dealkylation sites (N-methyl/N-ethyl adjacent to an activating group) is 1. The van der Waals surface area contributed by atoms with Crippen LogP contribution in [0, 0.1) is 5.92 Å². The first-order valence-electron chi connectivity index (χ1n) is 9.79. The Morgan fingerprint density at radius 1 is 1.19 bits per heavy atom. The van der Waals surface area contributed by atoms with E-state index in [9.17, 15) is 9.90 Å². The lowest BCUT2D eigenvalue weighted by molar-refractivity contribution is 0.0327. The van der Waals surface area contributed by atoms with Crippen LogP contribution in [0.2, 0.25) is 0 Å². The van der Waals surface area contributed by atoms with E-state index in [0.717, 1.165) is 32.4 Å². The maximum absolute atomic E-state index is 12.6. The van der Waals surface area contributed by atoms with E-state index in [1.165, 1.54) is 12.1 Å². The SMILES string of the molecule is CCCCOc1cc(O)ccc1C(=O)OC[C@H](CC(C)C)N(CC)CC. The molecule has 0 bridgehead atoms. The highest BCUT2D eigenvalue weighted by molar-refractivity contribution is 5.92. The van der Waals surface area contributed by atoms with Gasteiger partial charge in [0.15, 0.2) is 0 Å². The Morgan fingerprint density at radius 3 is 2.46 bits per heavy atom. The zero-order valence-electron chi connectivity index (χ0n) is 17.0. The number of phenols is 1. The topological polar surface area (TPSA) is 59.0 Å². The molecule has 0 aromatic heterocycles. The van der Waals surface area contributed by atoms with Crippen molar-refractivity contribution in [2.75, 3.05) is 26.3 Å². The predicted octanol–water partition coefficient (Wildman–Crippen LogP) is 4.48. The molecule has 1 N–H and O–H groups in total. The van der Waals surface area contributed by atoms with Crippen molar-refractivity contribution in [2.24, 2.45) is 5.92 Å². The first-order valence-corrected chi connectivity index (χ1v) is 9.79. The van der Waals surface area contributed by atoms with Crippen molar-refractivity contribution in [3.8, 4) is 11.5 Å². The van der Waals surface area contributed by atoms with Crippen LogP contribution in [-0.2, 0) is 4.74 Å². The van der Waals surface area contributed by atoms with Crippen LogP contribution in [0.25, 0.3) is 0 Å². The van der Waals surface area contributed by atoms with Gasteiger partial charge in [-0.1, -0.05) is 41.0 Å². The molecule has 0 heterocycles. The molecule has 0 aliphatic heterocycles. The van der Waals surface area contributed by atoms with E-state index in [-0.39, 0.29) is 11.8 Å². The zero-order valence-corrected chi connectivity index (χ0v) is 17.0. The highest BCUT2D eigenvalue weighted by atomic mass is 16.5. The Hall–Kier alpha value is -1.75. The molecule has 0 fully saturated rings. The van der Waals surface area contributed by atoms with E-state index in [4.69, 9.17) is 9.47 Å². The summed E-state index contributed by atoms with van der Waals surface area (Å²) in [6, 6.07) is 4.73. The molecule has 5 nitrogen and oxygen atoms in total. The van der Waals surface area contributed by atoms with E-state index in [1.807, 2.05) is 0 Å². The van der Waals surface area contributed by atoms with E-state index < -0.39 is 5.97 Å². The van der Waals surface area contributed by atoms with Gasteiger partial charge in [-0.25, -0.2) is 4.79 Å². The summed E-state index contributed by atoms with van der Waals surface area (Å²) in [5.41, 5.74) is 0.363. The molecule has 5 heteroatoms. The summed E-state index contributed by atoms with van der Waals surface area (Å²) in [5, 5.41) is 9.69. The molecular formula is C21H35NO4. The van der Waals surface area contributed by atoms with Crippen LogP contribution < -0.4 is 4.74 Å². The fraction of sp³-hybridized carbons (Fsp3) is 0.667. The van der Waals surface area contributed by atoms with E-state index >= 15 is 0 Å². The van der Waals surface area contributed by atoms with Gasteiger partial charge in [0.1, 0.15) is 23.7 Å². The number of ether oxygens (including phenoxy) is 2. The minimum atomic E-state index is -0.405. The molecule has 1 rings (SSSR count). The third kappa shape index (κ3) is 7.24. The van der Waals surface area contributed by atoms with Gasteiger partial charge < -0.3 is 14.6 Å². The summed E-state index contributed by atoms with van der Waals surface area (Å²) >= 11 is 0. The van der Waals surface area contributed by atoms with Gasteiger partial charge in [-0.2, -0.15) is 0 Å². The van der Waals surface area contributed by atoms with Gasteiger partial charge in [0, 0.05) is 12.1 Å². The smallest absolute Gasteiger partial charge is 0.341 e. The molecule has 1 aromatic carbocycles. The third-order valence-corrected chi connectivity index (χ3v) is 4.42. The van der Waals surface area contributed by atoms with Crippen LogP contribution in [0.3, 0.4) is 0 Å². The van der Waals surface area contributed by atoms with Crippen LogP contribution in [-0.4, -0.2) is 48.3 Å². The van der Waals surface area contributed by atoms with Crippen molar-refractivity contribution in [3.05, 3.63) is 23.8 Å². The molecular weight excluding hydrogens is 330 g/mol. The lowest BCUT2D eigenvalue weighted by Gasteiger charge is -2.30. The van der Waals surface area contributed by atoms with Gasteiger partial charge in [-0.3, -0.25) is 4.90 Å². The van der Waals surface area contributed by atoms with Crippen molar-refractivity contribution in [3.63, 3.8) is 0 Å². The minimum absolute atomic E-state index is 0.0777. The first kappa shape index (κ1) is 22.3. The second-order valence-electron chi connectivity index (χ2n) is 6.99. The van der Waals surface area contributed by atoms with E-state index in [0.29, 0.717) is 30.4 Å². The predicted molar refractivity (Wildman–Crippen MR) is 105 cm³/mol. The molecule has 1 atom stereocenters. The van der Waals surface area contributed by atoms with Gasteiger partial charge in [0.25, 0.3) is 0 Å². The second kappa shape index (κ2) is 11.8. The molecule has 26 heavy (non-hydrogen) atoms. The fourth-order valence-electron chi connectivity index (χ4n) is 2.98. The molecule has 1 aromatic rings. The number of hydrogen-bond donors (Lipinski definition) is 1. The quantitative estimate of drug-likeness (QED) is 0.437. The fourth-order valence-corrected chi connectivity index (χ4v) is 2.98. The maximum Gasteiger partial charge on any atom is 0.341 e. The number of rotatable bonds is 12. The van der Waals surface area contributed by atoms with Gasteiger partial charge in [-0.15, -0.1) is 0 Å². The maximum atomic E-state index is 12.6. The third-order valence-electron chi connectivity index (χ3n) is 4.42. The summed E-state index contributed by atoms with van der Waals surface area (Å²) in [6.45, 7) is 13.4. The van der Waals surface area contributed by atoms with Crippen LogP contribution in [0.15, 0.2) is 18.2 Å². The lowest BCUT2D eigenvalue weighted by Crippen LogP contribution is -2.40. The van der Waals surface area contributed by atoms with Crippen molar-refractivity contribution >= 4 is 5.97 Å². The van der Waals surface area contributed by atoms with Crippen LogP contribution in [0.4, 0.5) is 0 Å². The summed E-state index contributed by atoms with van der Waals surface area (Å²) in [5.74, 6) is 0.582. The summed E-state index contributed by atoms with van der Waals surface area (Å²) < 4.78 is 11.3. The van der Waals surface area contributed by atoms with Crippen LogP contribution in [0.5, 0.6) is 11.5 Å². The highest BCUT2D eigenvalue weighted by Gasteiger charge is 2.21. The van der Waals surface area contributed by atoms with E-state index in [1.54, 1.807) is 6.07 Å². The molecule has 0 spiro atoms. The number of esters is 1. The number of benzene rings is 1. The average Bonchev–Trinajstić information content (AvgIpc) is 2.60. The van der Waals surface area contributed by atoms with Crippen LogP contribution in [0.1, 0.15) is 64.2 Å². The number of nitrogens with zero attached hydrogens (tertiary/aromatic N) is 1. The van der Waals surface area contributed by atoms with Crippen molar-refractivity contribution < 1.29 is 19.4 Å². The van der Waals surface area contributed by atoms with Crippen LogP contribution >= 0.6 is 0 Å². The summed E-state index contributed by atoms with van der Waals surface area (Å²) in [4.78, 5) is 14.9. The van der Waals surface area contributed by atoms with Gasteiger partial charge >= 0.3 is 5.97 Å². The van der Waals surface area contributed by atoms with Gasteiger partial charge in [0.05, 0.1) is 6.61 Å². The molecule has 148 valence electrons. The number of carbonyl (C=O) groups excluding carboxylic acids is 1. The van der Waals surface area contributed by atoms with E-state index in [2.05, 4.69) is 39.5 Å². The lowest BCUT2D eigenvalue weighted by atomic mass is 10.0. The second-order valence-corrected chi connectivity index (χ2v) is 6.99. The van der Waals surface area contributed by atoms with Crippen molar-refractivity contribution in [1.29, 1.82) is 0 Å². The molecule has 0 saturated heterocycles. The largest absolute Gasteiger partial charge is 0.508 e. The monoisotopic (exact) mass is 365 g/mol. The Labute approximate surface area is 158 Å². The van der Waals surface area contributed by atoms with Crippen molar-refractivity contribution in [2.45, 2.75) is 59.9 Å². The molecule has 0 aliphatic carbocycles. The molecule has 0 aliphatic rings. The number of aromatic hydroxyl groups is 1. The Balaban J connectivity index is 2.81. The molecule has 0 amide bonds. The normalized spacial score (nSPS) is 12.4. The number of phenolic OH excluding ortho intramolecular Hbond substituents is 1. The molecule has 0 radical (unpaired) electrons. The summed E-state index contributed by atoms with van der Waals surface area (Å²) in [6.07, 6.45) is 2.87. The van der Waals surface area contributed by atoms with Gasteiger partial charge in [-0.05, 0) is 44.0 Å². The number of hydrogen-bond acceptors (Lipinski definition) is 5. The minimum Gasteiger partial charge on any atom is -0.508 e. The zero-order chi connectivity index (χ0) is 19.5. The molecule has 0 saturated carbocycles. The average molecular weight is 366 g/mol. The molecule has 0 unspecified atom stereocenters. The number of carbonyl (C=O) groups is 1. The Bertz CT molecular complexity index is 541. The van der Waals surface area contributed by atoms with Crippen molar-refractivity contribution in [1.82, 2.24) is 4.90 Å². The highest BCUT2D eigenvalue weighted by Crippen LogP contribution is 2.25. The Morgan fingerprint density at radius 2 is 1.88 bits per heavy atom.